The first-order valence-electron chi connectivity index (χ1n) is 5.82. The first kappa shape index (κ1) is 14.1. The topological polar surface area (TPSA) is 35.8 Å². The van der Waals surface area contributed by atoms with Gasteiger partial charge in [-0.25, -0.2) is 0 Å². The van der Waals surface area contributed by atoms with Gasteiger partial charge in [0, 0.05) is 20.7 Å². The van der Waals surface area contributed by atoms with Crippen LogP contribution in [0.3, 0.4) is 0 Å². The highest BCUT2D eigenvalue weighted by molar-refractivity contribution is 9.10. The molecule has 0 aromatic heterocycles. The van der Waals surface area contributed by atoms with Crippen LogP contribution < -0.4 is 5.32 Å². The number of rotatable bonds is 3. The Morgan fingerprint density at radius 3 is 2.58 bits per heavy atom. The van der Waals surface area contributed by atoms with Crippen molar-refractivity contribution in [3.05, 3.63) is 62.5 Å². The zero-order valence-electron chi connectivity index (χ0n) is 10.3. The van der Waals surface area contributed by atoms with Crippen LogP contribution in [0.1, 0.15) is 24.1 Å². The number of nitrogens with one attached hydrogen (secondary N) is 1. The van der Waals surface area contributed by atoms with Crippen molar-refractivity contribution in [2.24, 2.45) is 0 Å². The van der Waals surface area contributed by atoms with Gasteiger partial charge in [0.25, 0.3) is 0 Å². The summed E-state index contributed by atoms with van der Waals surface area (Å²) in [5.41, 5.74) is 2.83. The molecule has 1 atom stereocenters. The van der Waals surface area contributed by atoms with E-state index < -0.39 is 0 Å². The summed E-state index contributed by atoms with van der Waals surface area (Å²) >= 11 is 6.87. The van der Waals surface area contributed by atoms with Crippen LogP contribution in [0, 0.1) is 11.3 Å². The molecule has 0 saturated heterocycles. The summed E-state index contributed by atoms with van der Waals surface area (Å²) in [4.78, 5) is 0. The molecule has 0 fully saturated rings. The van der Waals surface area contributed by atoms with E-state index >= 15 is 0 Å². The van der Waals surface area contributed by atoms with Gasteiger partial charge in [-0.3, -0.25) is 0 Å². The van der Waals surface area contributed by atoms with Gasteiger partial charge in [-0.05, 0) is 58.7 Å². The van der Waals surface area contributed by atoms with Crippen LogP contribution in [-0.2, 0) is 0 Å². The minimum atomic E-state index is 0.192. The molecule has 0 aliphatic carbocycles. The molecule has 0 saturated carbocycles. The highest BCUT2D eigenvalue weighted by Gasteiger charge is 2.07. The molecular formula is C15H12Br2N2. The van der Waals surface area contributed by atoms with Gasteiger partial charge in [0.05, 0.1) is 5.56 Å². The molecule has 2 nitrogen and oxygen atoms in total. The highest BCUT2D eigenvalue weighted by atomic mass is 79.9. The second-order valence-corrected chi connectivity index (χ2v) is 6.00. The summed E-state index contributed by atoms with van der Waals surface area (Å²) in [6.45, 7) is 2.11. The number of nitriles is 1. The second kappa shape index (κ2) is 6.23. The van der Waals surface area contributed by atoms with E-state index in [1.54, 1.807) is 6.07 Å². The van der Waals surface area contributed by atoms with Gasteiger partial charge < -0.3 is 5.32 Å². The van der Waals surface area contributed by atoms with Crippen LogP contribution in [0.15, 0.2) is 51.4 Å². The van der Waals surface area contributed by atoms with Gasteiger partial charge in [0.15, 0.2) is 0 Å². The SMILES string of the molecule is CC(Nc1ccc(C#N)c(Br)c1)c1cccc(Br)c1. The molecule has 0 amide bonds. The first-order chi connectivity index (χ1) is 9.10. The monoisotopic (exact) mass is 378 g/mol. The maximum atomic E-state index is 8.89. The van der Waals surface area contributed by atoms with Crippen LogP contribution in [0.25, 0.3) is 0 Å². The standard InChI is InChI=1S/C15H12Br2N2/c1-10(11-3-2-4-13(16)7-11)19-14-6-5-12(9-18)15(17)8-14/h2-8,10,19H,1H3. The van der Waals surface area contributed by atoms with Crippen molar-refractivity contribution in [3.8, 4) is 6.07 Å². The number of anilines is 1. The Morgan fingerprint density at radius 2 is 1.95 bits per heavy atom. The third-order valence-electron chi connectivity index (χ3n) is 2.82. The Kier molecular flexibility index (Phi) is 4.62. The molecule has 4 heteroatoms. The lowest BCUT2D eigenvalue weighted by molar-refractivity contribution is 0.883. The Morgan fingerprint density at radius 1 is 1.16 bits per heavy atom. The van der Waals surface area contributed by atoms with Crippen LogP contribution >= 0.6 is 31.9 Å². The fourth-order valence-corrected chi connectivity index (χ4v) is 2.69. The van der Waals surface area contributed by atoms with E-state index in [1.165, 1.54) is 5.56 Å². The first-order valence-corrected chi connectivity index (χ1v) is 7.40. The number of hydrogen-bond donors (Lipinski definition) is 1. The average Bonchev–Trinajstić information content (AvgIpc) is 2.39. The molecule has 2 aromatic carbocycles. The molecule has 2 rings (SSSR count). The molecule has 0 radical (unpaired) electrons. The molecule has 0 bridgehead atoms. The van der Waals surface area contributed by atoms with Crippen LogP contribution in [-0.4, -0.2) is 0 Å². The molecule has 2 aromatic rings. The molecule has 0 heterocycles. The zero-order chi connectivity index (χ0) is 13.8. The minimum Gasteiger partial charge on any atom is -0.378 e. The van der Waals surface area contributed by atoms with Crippen molar-refractivity contribution >= 4 is 37.5 Å². The summed E-state index contributed by atoms with van der Waals surface area (Å²) in [5, 5.41) is 12.3. The van der Waals surface area contributed by atoms with Gasteiger partial charge in [-0.1, -0.05) is 28.1 Å². The van der Waals surface area contributed by atoms with E-state index in [4.69, 9.17) is 5.26 Å². The Bertz CT molecular complexity index is 632. The van der Waals surface area contributed by atoms with Crippen molar-refractivity contribution in [1.82, 2.24) is 0 Å². The fourth-order valence-electron chi connectivity index (χ4n) is 1.80. The van der Waals surface area contributed by atoms with Gasteiger partial charge in [-0.15, -0.1) is 0 Å². The van der Waals surface area contributed by atoms with Crippen molar-refractivity contribution in [1.29, 1.82) is 5.26 Å². The molecule has 0 aliphatic heterocycles. The lowest BCUT2D eigenvalue weighted by atomic mass is 10.1. The molecule has 1 unspecified atom stereocenters. The number of hydrogen-bond acceptors (Lipinski definition) is 2. The maximum Gasteiger partial charge on any atom is 0.100 e. The van der Waals surface area contributed by atoms with E-state index in [0.29, 0.717) is 5.56 Å². The number of benzene rings is 2. The molecule has 19 heavy (non-hydrogen) atoms. The Labute approximate surface area is 129 Å². The van der Waals surface area contributed by atoms with Crippen LogP contribution in [0.2, 0.25) is 0 Å². The summed E-state index contributed by atoms with van der Waals surface area (Å²) in [6, 6.07) is 16.2. The van der Waals surface area contributed by atoms with Gasteiger partial charge in [0.2, 0.25) is 0 Å². The van der Waals surface area contributed by atoms with E-state index in [1.807, 2.05) is 24.3 Å². The van der Waals surface area contributed by atoms with Crippen LogP contribution in [0.5, 0.6) is 0 Å². The molecular weight excluding hydrogens is 368 g/mol. The molecule has 0 aliphatic rings. The second-order valence-electron chi connectivity index (χ2n) is 4.23. The van der Waals surface area contributed by atoms with Gasteiger partial charge in [0.1, 0.15) is 6.07 Å². The quantitative estimate of drug-likeness (QED) is 0.789. The predicted octanol–water partition coefficient (Wildman–Crippen LogP) is 5.26. The zero-order valence-corrected chi connectivity index (χ0v) is 13.5. The van der Waals surface area contributed by atoms with Crippen molar-refractivity contribution in [2.75, 3.05) is 5.32 Å². The summed E-state index contributed by atoms with van der Waals surface area (Å²) in [7, 11) is 0. The lowest BCUT2D eigenvalue weighted by Crippen LogP contribution is -2.06. The predicted molar refractivity (Wildman–Crippen MR) is 85.0 cm³/mol. The summed E-state index contributed by atoms with van der Waals surface area (Å²) in [6.07, 6.45) is 0. The third-order valence-corrected chi connectivity index (χ3v) is 3.97. The van der Waals surface area contributed by atoms with Crippen molar-refractivity contribution in [2.45, 2.75) is 13.0 Å². The largest absolute Gasteiger partial charge is 0.378 e. The summed E-state index contributed by atoms with van der Waals surface area (Å²) < 4.78 is 1.88. The smallest absolute Gasteiger partial charge is 0.100 e. The third kappa shape index (κ3) is 3.59. The van der Waals surface area contributed by atoms with Gasteiger partial charge >= 0.3 is 0 Å². The summed E-state index contributed by atoms with van der Waals surface area (Å²) in [5.74, 6) is 0. The normalized spacial score (nSPS) is 11.7. The fraction of sp³-hybridized carbons (Fsp3) is 0.133. The van der Waals surface area contributed by atoms with Gasteiger partial charge in [-0.2, -0.15) is 5.26 Å². The maximum absolute atomic E-state index is 8.89. The Balaban J connectivity index is 2.17. The van der Waals surface area contributed by atoms with Crippen molar-refractivity contribution < 1.29 is 0 Å². The lowest BCUT2D eigenvalue weighted by Gasteiger charge is -2.16. The van der Waals surface area contributed by atoms with E-state index in [2.05, 4.69) is 62.3 Å². The molecule has 1 N–H and O–H groups in total. The molecule has 0 spiro atoms. The average molecular weight is 380 g/mol. The van der Waals surface area contributed by atoms with Crippen LogP contribution in [0.4, 0.5) is 5.69 Å². The Hall–Kier alpha value is -1.31. The minimum absolute atomic E-state index is 0.192. The number of nitrogens with zero attached hydrogens (tertiary/aromatic N) is 1. The van der Waals surface area contributed by atoms with E-state index in [-0.39, 0.29) is 6.04 Å². The highest BCUT2D eigenvalue weighted by Crippen LogP contribution is 2.25. The number of halogens is 2. The van der Waals surface area contributed by atoms with Crippen molar-refractivity contribution in [3.63, 3.8) is 0 Å². The molecule has 96 valence electrons. The van der Waals surface area contributed by atoms with E-state index in [9.17, 15) is 0 Å². The van der Waals surface area contributed by atoms with E-state index in [0.717, 1.165) is 14.6 Å².